The second-order valence-corrected chi connectivity index (χ2v) is 4.72. The van der Waals surface area contributed by atoms with E-state index in [0.717, 1.165) is 18.2 Å². The summed E-state index contributed by atoms with van der Waals surface area (Å²) in [7, 11) is 0. The average Bonchev–Trinajstić information content (AvgIpc) is 2.84. The van der Waals surface area contributed by atoms with Gasteiger partial charge in [0.25, 0.3) is 0 Å². The standard InChI is InChI=1S/C12H8ClF3N2O3/c13-8-3-7(2-1-6(8)4-17)11(12(14,15)16)18-5-9(21-11)10(19)20/h1-3,9,18H,5H2,(H,19,20). The first kappa shape index (κ1) is 15.6. The van der Waals surface area contributed by atoms with Crippen LogP contribution < -0.4 is 5.32 Å². The molecule has 1 aliphatic rings. The predicted molar refractivity (Wildman–Crippen MR) is 64.4 cm³/mol. The zero-order chi connectivity index (χ0) is 15.8. The fourth-order valence-corrected chi connectivity index (χ4v) is 2.22. The van der Waals surface area contributed by atoms with Gasteiger partial charge in [0.15, 0.2) is 6.10 Å². The topological polar surface area (TPSA) is 82.4 Å². The number of aliphatic carboxylic acids is 1. The number of alkyl halides is 3. The van der Waals surface area contributed by atoms with Crippen molar-refractivity contribution in [1.29, 1.82) is 5.26 Å². The quantitative estimate of drug-likeness (QED) is 0.871. The molecule has 1 aromatic carbocycles. The van der Waals surface area contributed by atoms with Crippen molar-refractivity contribution in [2.24, 2.45) is 0 Å². The van der Waals surface area contributed by atoms with Crippen LogP contribution in [0.25, 0.3) is 0 Å². The smallest absolute Gasteiger partial charge is 0.435 e. The molecule has 21 heavy (non-hydrogen) atoms. The molecule has 2 N–H and O–H groups in total. The lowest BCUT2D eigenvalue weighted by Crippen LogP contribution is -2.51. The summed E-state index contributed by atoms with van der Waals surface area (Å²) in [6.07, 6.45) is -6.55. The van der Waals surface area contributed by atoms with Gasteiger partial charge in [-0.05, 0) is 12.1 Å². The average molecular weight is 321 g/mol. The Morgan fingerprint density at radius 2 is 2.24 bits per heavy atom. The summed E-state index contributed by atoms with van der Waals surface area (Å²) < 4.78 is 44.8. The Labute approximate surface area is 121 Å². The van der Waals surface area contributed by atoms with Gasteiger partial charge in [-0.25, -0.2) is 4.79 Å². The van der Waals surface area contributed by atoms with E-state index in [1.165, 1.54) is 0 Å². The molecule has 1 fully saturated rings. The fraction of sp³-hybridized carbons (Fsp3) is 0.333. The highest BCUT2D eigenvalue weighted by Crippen LogP contribution is 2.44. The lowest BCUT2D eigenvalue weighted by atomic mass is 10.0. The van der Waals surface area contributed by atoms with Gasteiger partial charge in [-0.2, -0.15) is 18.4 Å². The van der Waals surface area contributed by atoms with E-state index in [2.05, 4.69) is 5.32 Å². The van der Waals surface area contributed by atoms with Gasteiger partial charge in [0.05, 0.1) is 10.6 Å². The number of carbonyl (C=O) groups is 1. The monoisotopic (exact) mass is 320 g/mol. The first-order valence-electron chi connectivity index (χ1n) is 5.64. The van der Waals surface area contributed by atoms with Gasteiger partial charge in [-0.15, -0.1) is 0 Å². The minimum Gasteiger partial charge on any atom is -0.479 e. The van der Waals surface area contributed by atoms with E-state index < -0.39 is 36.1 Å². The SMILES string of the molecule is N#Cc1ccc(C2(C(F)(F)F)NCC(C(=O)O)O2)cc1Cl. The van der Waals surface area contributed by atoms with Crippen molar-refractivity contribution in [3.8, 4) is 6.07 Å². The Bertz CT molecular complexity index is 629. The Morgan fingerprint density at radius 1 is 1.57 bits per heavy atom. The molecule has 9 heteroatoms. The number of carboxylic acids is 1. The molecule has 0 aliphatic carbocycles. The number of hydrogen-bond acceptors (Lipinski definition) is 4. The van der Waals surface area contributed by atoms with Gasteiger partial charge in [0.2, 0.25) is 5.72 Å². The third kappa shape index (κ3) is 2.55. The van der Waals surface area contributed by atoms with Crippen molar-refractivity contribution in [3.05, 3.63) is 34.3 Å². The van der Waals surface area contributed by atoms with E-state index in [4.69, 9.17) is 26.7 Å². The highest BCUT2D eigenvalue weighted by atomic mass is 35.5. The molecule has 1 aromatic rings. The van der Waals surface area contributed by atoms with E-state index in [0.29, 0.717) is 0 Å². The summed E-state index contributed by atoms with van der Waals surface area (Å²) >= 11 is 5.73. The number of ether oxygens (including phenoxy) is 1. The van der Waals surface area contributed by atoms with Crippen molar-refractivity contribution < 1.29 is 27.8 Å². The molecular formula is C12H8ClF3N2O3. The molecule has 0 aromatic heterocycles. The largest absolute Gasteiger partial charge is 0.479 e. The number of nitriles is 1. The highest BCUT2D eigenvalue weighted by molar-refractivity contribution is 6.31. The van der Waals surface area contributed by atoms with Crippen LogP contribution in [0.4, 0.5) is 13.2 Å². The molecule has 1 saturated heterocycles. The summed E-state index contributed by atoms with van der Waals surface area (Å²) in [6, 6.07) is 4.80. The van der Waals surface area contributed by atoms with Crippen LogP contribution >= 0.6 is 11.6 Å². The first-order chi connectivity index (χ1) is 9.71. The van der Waals surface area contributed by atoms with E-state index in [9.17, 15) is 18.0 Å². The van der Waals surface area contributed by atoms with Gasteiger partial charge < -0.3 is 9.84 Å². The second kappa shape index (κ2) is 5.18. The summed E-state index contributed by atoms with van der Waals surface area (Å²) in [6.45, 7) is -0.507. The molecule has 0 bridgehead atoms. The molecule has 1 heterocycles. The van der Waals surface area contributed by atoms with Crippen LogP contribution in [0.5, 0.6) is 0 Å². The molecule has 0 amide bonds. The molecule has 0 spiro atoms. The lowest BCUT2D eigenvalue weighted by Gasteiger charge is -2.31. The number of rotatable bonds is 2. The fourth-order valence-electron chi connectivity index (χ4n) is 2.00. The Hall–Kier alpha value is -1.82. The minimum absolute atomic E-state index is 0.00511. The number of carboxylic acid groups (broad SMARTS) is 1. The van der Waals surface area contributed by atoms with Crippen molar-refractivity contribution >= 4 is 17.6 Å². The summed E-state index contributed by atoms with van der Waals surface area (Å²) in [5, 5.41) is 19.4. The second-order valence-electron chi connectivity index (χ2n) is 4.31. The number of hydrogen-bond donors (Lipinski definition) is 2. The Balaban J connectivity index is 2.51. The summed E-state index contributed by atoms with van der Waals surface area (Å²) in [4.78, 5) is 10.8. The minimum atomic E-state index is -4.91. The molecule has 2 rings (SSSR count). The summed E-state index contributed by atoms with van der Waals surface area (Å²) in [5.41, 5.74) is -3.37. The van der Waals surface area contributed by atoms with Crippen LogP contribution in [0.3, 0.4) is 0 Å². The van der Waals surface area contributed by atoms with Crippen LogP contribution in [0.1, 0.15) is 11.1 Å². The van der Waals surface area contributed by atoms with Crippen molar-refractivity contribution in [2.75, 3.05) is 6.54 Å². The Morgan fingerprint density at radius 3 is 2.67 bits per heavy atom. The van der Waals surface area contributed by atoms with Gasteiger partial charge in [0.1, 0.15) is 6.07 Å². The van der Waals surface area contributed by atoms with E-state index in [-0.39, 0.29) is 10.6 Å². The Kier molecular flexibility index (Phi) is 3.84. The van der Waals surface area contributed by atoms with E-state index in [1.54, 1.807) is 6.07 Å². The molecule has 0 saturated carbocycles. The molecule has 2 unspecified atom stereocenters. The van der Waals surface area contributed by atoms with Crippen molar-refractivity contribution in [3.63, 3.8) is 0 Å². The molecule has 0 radical (unpaired) electrons. The van der Waals surface area contributed by atoms with Gasteiger partial charge >= 0.3 is 12.1 Å². The van der Waals surface area contributed by atoms with Crippen LogP contribution in [0.15, 0.2) is 18.2 Å². The maximum absolute atomic E-state index is 13.4. The molecule has 5 nitrogen and oxygen atoms in total. The maximum atomic E-state index is 13.4. The molecule has 2 atom stereocenters. The van der Waals surface area contributed by atoms with Gasteiger partial charge in [-0.1, -0.05) is 17.7 Å². The number of benzene rings is 1. The summed E-state index contributed by atoms with van der Waals surface area (Å²) in [5.74, 6) is -1.51. The van der Waals surface area contributed by atoms with Crippen LogP contribution in [0.2, 0.25) is 5.02 Å². The van der Waals surface area contributed by atoms with Crippen molar-refractivity contribution in [1.82, 2.24) is 5.32 Å². The van der Waals surface area contributed by atoms with Gasteiger partial charge in [-0.3, -0.25) is 5.32 Å². The highest BCUT2D eigenvalue weighted by Gasteiger charge is 2.62. The lowest BCUT2D eigenvalue weighted by molar-refractivity contribution is -0.285. The third-order valence-corrected chi connectivity index (χ3v) is 3.34. The number of nitrogens with one attached hydrogen (secondary N) is 1. The van der Waals surface area contributed by atoms with Crippen LogP contribution in [-0.2, 0) is 15.3 Å². The van der Waals surface area contributed by atoms with Gasteiger partial charge in [0, 0.05) is 12.1 Å². The predicted octanol–water partition coefficient (Wildman–Crippen LogP) is 2.00. The van der Waals surface area contributed by atoms with E-state index in [1.807, 2.05) is 0 Å². The zero-order valence-electron chi connectivity index (χ0n) is 10.2. The van der Waals surface area contributed by atoms with E-state index >= 15 is 0 Å². The van der Waals surface area contributed by atoms with Crippen LogP contribution in [-0.4, -0.2) is 29.9 Å². The maximum Gasteiger partial charge on any atom is 0.435 e. The molecule has 112 valence electrons. The first-order valence-corrected chi connectivity index (χ1v) is 6.01. The molecular weight excluding hydrogens is 313 g/mol. The zero-order valence-corrected chi connectivity index (χ0v) is 11.0. The number of nitrogens with zero attached hydrogens (tertiary/aromatic N) is 1. The number of halogens is 4. The van der Waals surface area contributed by atoms with Crippen molar-refractivity contribution in [2.45, 2.75) is 18.0 Å². The van der Waals surface area contributed by atoms with Crippen LogP contribution in [0, 0.1) is 11.3 Å². The normalized spacial score (nSPS) is 25.6. The third-order valence-electron chi connectivity index (χ3n) is 3.03. The molecule has 1 aliphatic heterocycles.